The summed E-state index contributed by atoms with van der Waals surface area (Å²) in [5, 5.41) is 0. The number of rotatable bonds is 4. The Morgan fingerprint density at radius 1 is 1.10 bits per heavy atom. The minimum atomic E-state index is -0.0168. The number of benzene rings is 2. The summed E-state index contributed by atoms with van der Waals surface area (Å²) in [6.45, 7) is 0. The number of nitrogens with one attached hydrogen (secondary N) is 1. The second-order valence-electron chi connectivity index (χ2n) is 5.56. The molecular weight excluding hydrogens is 392 g/mol. The Balaban J connectivity index is 1.97. The van der Waals surface area contributed by atoms with E-state index in [1.54, 1.807) is 0 Å². The molecule has 3 N–H and O–H groups in total. The molecule has 110 valence electrons. The van der Waals surface area contributed by atoms with Crippen molar-refractivity contribution in [3.63, 3.8) is 0 Å². The van der Waals surface area contributed by atoms with Crippen molar-refractivity contribution in [2.45, 2.75) is 31.2 Å². The third-order valence-electron chi connectivity index (χ3n) is 4.26. The molecule has 0 aliphatic heterocycles. The molecule has 4 heteroatoms. The third-order valence-corrected chi connectivity index (χ3v) is 5.47. The van der Waals surface area contributed by atoms with Crippen LogP contribution in [0.15, 0.2) is 51.4 Å². The summed E-state index contributed by atoms with van der Waals surface area (Å²) in [6.07, 6.45) is 3.97. The Bertz CT molecular complexity index is 638. The molecule has 1 fully saturated rings. The van der Waals surface area contributed by atoms with Gasteiger partial charge in [-0.15, -0.1) is 0 Å². The van der Waals surface area contributed by atoms with Gasteiger partial charge >= 0.3 is 0 Å². The van der Waals surface area contributed by atoms with Crippen molar-refractivity contribution in [3.05, 3.63) is 68.1 Å². The maximum Gasteiger partial charge on any atom is 0.0721 e. The van der Waals surface area contributed by atoms with Crippen LogP contribution in [0.25, 0.3) is 0 Å². The van der Waals surface area contributed by atoms with Gasteiger partial charge < -0.3 is 0 Å². The molecule has 0 heterocycles. The molecule has 1 unspecified atom stereocenters. The highest BCUT2D eigenvalue weighted by molar-refractivity contribution is 9.11. The Morgan fingerprint density at radius 2 is 1.90 bits per heavy atom. The van der Waals surface area contributed by atoms with Crippen LogP contribution in [0.5, 0.6) is 0 Å². The van der Waals surface area contributed by atoms with Gasteiger partial charge in [0.2, 0.25) is 0 Å². The molecule has 2 nitrogen and oxygen atoms in total. The van der Waals surface area contributed by atoms with Crippen molar-refractivity contribution in [3.8, 4) is 0 Å². The zero-order valence-corrected chi connectivity index (χ0v) is 14.8. The fourth-order valence-electron chi connectivity index (χ4n) is 2.84. The lowest BCUT2D eigenvalue weighted by atomic mass is 9.79. The Hall–Kier alpha value is -0.680. The second-order valence-corrected chi connectivity index (χ2v) is 7.33. The van der Waals surface area contributed by atoms with Crippen molar-refractivity contribution in [1.82, 2.24) is 5.43 Å². The highest BCUT2D eigenvalue weighted by Crippen LogP contribution is 2.38. The van der Waals surface area contributed by atoms with Crippen LogP contribution in [0.4, 0.5) is 0 Å². The van der Waals surface area contributed by atoms with Gasteiger partial charge in [-0.2, -0.15) is 0 Å². The van der Waals surface area contributed by atoms with Gasteiger partial charge in [0.05, 0.1) is 6.04 Å². The molecule has 1 aliphatic carbocycles. The van der Waals surface area contributed by atoms with Gasteiger partial charge in [0.25, 0.3) is 0 Å². The molecule has 0 aromatic heterocycles. The molecule has 1 saturated carbocycles. The van der Waals surface area contributed by atoms with E-state index in [9.17, 15) is 0 Å². The van der Waals surface area contributed by atoms with Gasteiger partial charge in [0.15, 0.2) is 0 Å². The van der Waals surface area contributed by atoms with E-state index in [1.807, 2.05) is 12.1 Å². The molecule has 0 radical (unpaired) electrons. The fourth-order valence-corrected chi connectivity index (χ4v) is 3.69. The minimum absolute atomic E-state index is 0.0168. The van der Waals surface area contributed by atoms with Crippen molar-refractivity contribution in [1.29, 1.82) is 0 Å². The van der Waals surface area contributed by atoms with E-state index in [0.29, 0.717) is 0 Å². The summed E-state index contributed by atoms with van der Waals surface area (Å²) in [5.74, 6) is 6.57. The van der Waals surface area contributed by atoms with Crippen LogP contribution in [0.1, 0.15) is 47.9 Å². The Kier molecular flexibility index (Phi) is 4.79. The van der Waals surface area contributed by atoms with Gasteiger partial charge in [-0.25, -0.2) is 5.43 Å². The molecular formula is C17H18Br2N2. The molecule has 0 spiro atoms. The van der Waals surface area contributed by atoms with Crippen LogP contribution in [-0.2, 0) is 0 Å². The monoisotopic (exact) mass is 408 g/mol. The summed E-state index contributed by atoms with van der Waals surface area (Å²) in [6, 6.07) is 14.9. The summed E-state index contributed by atoms with van der Waals surface area (Å²) >= 11 is 7.16. The first kappa shape index (κ1) is 15.2. The molecule has 1 aliphatic rings. The van der Waals surface area contributed by atoms with Crippen molar-refractivity contribution in [2.75, 3.05) is 0 Å². The number of nitrogens with two attached hydrogens (primary N) is 1. The number of hydrogen-bond acceptors (Lipinski definition) is 2. The summed E-state index contributed by atoms with van der Waals surface area (Å²) in [4.78, 5) is 0. The average molecular weight is 410 g/mol. The van der Waals surface area contributed by atoms with Gasteiger partial charge in [-0.05, 0) is 53.6 Å². The number of hydrazine groups is 1. The molecule has 3 rings (SSSR count). The van der Waals surface area contributed by atoms with Gasteiger partial charge in [-0.1, -0.05) is 62.5 Å². The van der Waals surface area contributed by atoms with Crippen LogP contribution >= 0.6 is 31.9 Å². The van der Waals surface area contributed by atoms with Crippen molar-refractivity contribution < 1.29 is 0 Å². The Labute approximate surface area is 142 Å². The molecule has 0 saturated heterocycles. The highest BCUT2D eigenvalue weighted by atomic mass is 79.9. The molecule has 2 aromatic carbocycles. The van der Waals surface area contributed by atoms with Crippen LogP contribution in [0, 0.1) is 0 Å². The van der Waals surface area contributed by atoms with Crippen LogP contribution in [0.3, 0.4) is 0 Å². The van der Waals surface area contributed by atoms with E-state index in [4.69, 9.17) is 5.84 Å². The van der Waals surface area contributed by atoms with E-state index >= 15 is 0 Å². The largest absolute Gasteiger partial charge is 0.271 e. The highest BCUT2D eigenvalue weighted by Gasteiger charge is 2.21. The predicted molar refractivity (Wildman–Crippen MR) is 94.0 cm³/mol. The molecule has 0 amide bonds. The quantitative estimate of drug-likeness (QED) is 0.548. The van der Waals surface area contributed by atoms with Gasteiger partial charge in [-0.3, -0.25) is 5.84 Å². The second kappa shape index (κ2) is 6.61. The molecule has 0 bridgehead atoms. The van der Waals surface area contributed by atoms with Gasteiger partial charge in [0, 0.05) is 8.95 Å². The normalized spacial score (nSPS) is 16.5. The first-order valence-corrected chi connectivity index (χ1v) is 8.78. The van der Waals surface area contributed by atoms with Crippen LogP contribution < -0.4 is 11.3 Å². The summed E-state index contributed by atoms with van der Waals surface area (Å²) < 4.78 is 2.11. The van der Waals surface area contributed by atoms with Crippen molar-refractivity contribution >= 4 is 31.9 Å². The topological polar surface area (TPSA) is 38.0 Å². The van der Waals surface area contributed by atoms with E-state index < -0.39 is 0 Å². The average Bonchev–Trinajstić information content (AvgIpc) is 2.42. The smallest absolute Gasteiger partial charge is 0.0721 e. The summed E-state index contributed by atoms with van der Waals surface area (Å²) in [5.41, 5.74) is 6.74. The van der Waals surface area contributed by atoms with Crippen LogP contribution in [-0.4, -0.2) is 0 Å². The zero-order valence-electron chi connectivity index (χ0n) is 11.7. The lowest BCUT2D eigenvalue weighted by Gasteiger charge is -2.27. The SMILES string of the molecule is NNC(c1cccc(C2CCC2)c1)c1cc(Br)ccc1Br. The number of hydrogen-bond donors (Lipinski definition) is 2. The molecule has 1 atom stereocenters. The molecule has 21 heavy (non-hydrogen) atoms. The van der Waals surface area contributed by atoms with Crippen LogP contribution in [0.2, 0.25) is 0 Å². The summed E-state index contributed by atoms with van der Waals surface area (Å²) in [7, 11) is 0. The first-order chi connectivity index (χ1) is 10.2. The van der Waals surface area contributed by atoms with E-state index in [2.05, 4.69) is 67.6 Å². The molecule has 2 aromatic rings. The van der Waals surface area contributed by atoms with Crippen molar-refractivity contribution in [2.24, 2.45) is 5.84 Å². The van der Waals surface area contributed by atoms with E-state index in [-0.39, 0.29) is 6.04 Å². The maximum atomic E-state index is 5.84. The lowest BCUT2D eigenvalue weighted by Crippen LogP contribution is -2.29. The number of halogens is 2. The third kappa shape index (κ3) is 3.24. The minimum Gasteiger partial charge on any atom is -0.271 e. The standard InChI is InChI=1S/C17H18Br2N2/c18-14-7-8-16(19)15(10-14)17(21-20)13-6-2-5-12(9-13)11-3-1-4-11/h2,5-11,17,21H,1,3-4,20H2. The lowest BCUT2D eigenvalue weighted by molar-refractivity contribution is 0.419. The van der Waals surface area contributed by atoms with E-state index in [0.717, 1.165) is 20.4 Å². The Morgan fingerprint density at radius 3 is 2.57 bits per heavy atom. The predicted octanol–water partition coefficient (Wildman–Crippen LogP) is 5.03. The fraction of sp³-hybridized carbons (Fsp3) is 0.294. The first-order valence-electron chi connectivity index (χ1n) is 7.20. The van der Waals surface area contributed by atoms with Gasteiger partial charge in [0.1, 0.15) is 0 Å². The zero-order chi connectivity index (χ0) is 14.8. The van der Waals surface area contributed by atoms with E-state index in [1.165, 1.54) is 30.4 Å². The maximum absolute atomic E-state index is 5.84.